The van der Waals surface area contributed by atoms with Crippen LogP contribution in [0.15, 0.2) is 39.9 Å². The van der Waals surface area contributed by atoms with Crippen molar-refractivity contribution in [1.29, 1.82) is 0 Å². The van der Waals surface area contributed by atoms with E-state index in [1.165, 1.54) is 22.7 Å². The molecule has 0 aliphatic carbocycles. The number of benzene rings is 1. The third-order valence-corrected chi connectivity index (χ3v) is 6.31. The van der Waals surface area contributed by atoms with Gasteiger partial charge in [-0.1, -0.05) is 11.3 Å². The number of halogens is 2. The van der Waals surface area contributed by atoms with Crippen molar-refractivity contribution < 1.29 is 22.0 Å². The van der Waals surface area contributed by atoms with Crippen LogP contribution in [-0.4, -0.2) is 31.1 Å². The van der Waals surface area contributed by atoms with Gasteiger partial charge in [0.05, 0.1) is 4.90 Å². The molecule has 0 bridgehead atoms. The standard InChI is InChI=1S/C15H12F2N4O3S3/c16-11-2-1-10(7-12(11)17)27(23,24)18-5-3-13(22)19-15-21-20-14(26-15)9-4-6-25-8-9/h1-2,4,6-8,18H,3,5H2,(H,19,21,22). The summed E-state index contributed by atoms with van der Waals surface area (Å²) in [5.41, 5.74) is 0.900. The number of hydrogen-bond donors (Lipinski definition) is 2. The Morgan fingerprint density at radius 2 is 1.96 bits per heavy atom. The summed E-state index contributed by atoms with van der Waals surface area (Å²) in [6, 6.07) is 4.11. The molecule has 27 heavy (non-hydrogen) atoms. The number of carbonyl (C=O) groups is 1. The van der Waals surface area contributed by atoms with Crippen LogP contribution in [0.5, 0.6) is 0 Å². The van der Waals surface area contributed by atoms with Crippen LogP contribution < -0.4 is 10.0 Å². The van der Waals surface area contributed by atoms with Crippen LogP contribution in [0.3, 0.4) is 0 Å². The maximum atomic E-state index is 13.2. The van der Waals surface area contributed by atoms with Crippen LogP contribution in [0.1, 0.15) is 6.42 Å². The van der Waals surface area contributed by atoms with Crippen LogP contribution in [0.4, 0.5) is 13.9 Å². The fourth-order valence-electron chi connectivity index (χ4n) is 1.98. The smallest absolute Gasteiger partial charge is 0.240 e. The Morgan fingerprint density at radius 3 is 2.67 bits per heavy atom. The van der Waals surface area contributed by atoms with Gasteiger partial charge >= 0.3 is 0 Å². The van der Waals surface area contributed by atoms with E-state index >= 15 is 0 Å². The van der Waals surface area contributed by atoms with E-state index in [0.717, 1.165) is 17.7 Å². The van der Waals surface area contributed by atoms with Crippen molar-refractivity contribution in [1.82, 2.24) is 14.9 Å². The van der Waals surface area contributed by atoms with E-state index in [9.17, 15) is 22.0 Å². The third kappa shape index (κ3) is 4.91. The highest BCUT2D eigenvalue weighted by Crippen LogP contribution is 2.27. The number of rotatable bonds is 7. The molecule has 0 radical (unpaired) electrons. The van der Waals surface area contributed by atoms with Crippen molar-refractivity contribution in [2.45, 2.75) is 11.3 Å². The van der Waals surface area contributed by atoms with Crippen molar-refractivity contribution in [2.24, 2.45) is 0 Å². The molecular formula is C15H12F2N4O3S3. The van der Waals surface area contributed by atoms with Gasteiger partial charge in [-0.3, -0.25) is 4.79 Å². The van der Waals surface area contributed by atoms with E-state index < -0.39 is 32.5 Å². The van der Waals surface area contributed by atoms with Gasteiger partial charge in [0.25, 0.3) is 0 Å². The fourth-order valence-corrected chi connectivity index (χ4v) is 4.50. The van der Waals surface area contributed by atoms with E-state index in [0.29, 0.717) is 16.2 Å². The van der Waals surface area contributed by atoms with Crippen LogP contribution in [0, 0.1) is 11.6 Å². The van der Waals surface area contributed by atoms with E-state index in [2.05, 4.69) is 20.2 Å². The minimum absolute atomic E-state index is 0.170. The Labute approximate surface area is 161 Å². The number of carbonyl (C=O) groups excluding carboxylic acids is 1. The van der Waals surface area contributed by atoms with Gasteiger partial charge in [0.2, 0.25) is 21.1 Å². The molecule has 1 amide bonds. The largest absolute Gasteiger partial charge is 0.300 e. The lowest BCUT2D eigenvalue weighted by Gasteiger charge is -2.07. The maximum absolute atomic E-state index is 13.2. The molecule has 142 valence electrons. The van der Waals surface area contributed by atoms with E-state index in [1.54, 1.807) is 0 Å². The summed E-state index contributed by atoms with van der Waals surface area (Å²) >= 11 is 2.71. The molecule has 0 unspecified atom stereocenters. The number of hydrogen-bond acceptors (Lipinski definition) is 7. The normalized spacial score (nSPS) is 11.5. The second kappa shape index (κ2) is 8.17. The molecule has 2 N–H and O–H groups in total. The number of anilines is 1. The molecule has 3 rings (SSSR count). The highest BCUT2D eigenvalue weighted by Gasteiger charge is 2.17. The molecule has 0 fully saturated rings. The SMILES string of the molecule is O=C(CCNS(=O)(=O)c1ccc(F)c(F)c1)Nc1nnc(-c2ccsc2)s1. The van der Waals surface area contributed by atoms with E-state index in [-0.39, 0.29) is 13.0 Å². The average Bonchev–Trinajstić information content (AvgIpc) is 3.28. The molecule has 2 aromatic heterocycles. The fraction of sp³-hybridized carbons (Fsp3) is 0.133. The molecule has 0 aliphatic rings. The van der Waals surface area contributed by atoms with Gasteiger partial charge in [-0.25, -0.2) is 21.9 Å². The average molecular weight is 430 g/mol. The molecule has 3 aromatic rings. The number of sulfonamides is 1. The van der Waals surface area contributed by atoms with Gasteiger partial charge in [-0.2, -0.15) is 11.3 Å². The summed E-state index contributed by atoms with van der Waals surface area (Å²) in [6.45, 7) is -0.219. The zero-order valence-corrected chi connectivity index (χ0v) is 15.9. The first-order valence-electron chi connectivity index (χ1n) is 7.46. The Morgan fingerprint density at radius 1 is 1.15 bits per heavy atom. The number of nitrogens with one attached hydrogen (secondary N) is 2. The number of aromatic nitrogens is 2. The lowest BCUT2D eigenvalue weighted by Crippen LogP contribution is -2.28. The monoisotopic (exact) mass is 430 g/mol. The first kappa shape index (κ1) is 19.5. The second-order valence-electron chi connectivity index (χ2n) is 5.20. The van der Waals surface area contributed by atoms with Gasteiger partial charge in [-0.15, -0.1) is 10.2 Å². The molecule has 0 saturated carbocycles. The van der Waals surface area contributed by atoms with Crippen molar-refractivity contribution in [3.63, 3.8) is 0 Å². The van der Waals surface area contributed by atoms with Crippen LogP contribution in [-0.2, 0) is 14.8 Å². The molecule has 2 heterocycles. The minimum atomic E-state index is -4.05. The Kier molecular flexibility index (Phi) is 5.89. The zero-order valence-electron chi connectivity index (χ0n) is 13.5. The lowest BCUT2D eigenvalue weighted by atomic mass is 10.3. The molecule has 0 spiro atoms. The molecule has 7 nitrogen and oxygen atoms in total. The van der Waals surface area contributed by atoms with E-state index in [1.807, 2.05) is 16.8 Å². The highest BCUT2D eigenvalue weighted by atomic mass is 32.2. The van der Waals surface area contributed by atoms with Crippen LogP contribution >= 0.6 is 22.7 Å². The van der Waals surface area contributed by atoms with Gasteiger partial charge in [0.1, 0.15) is 5.01 Å². The predicted octanol–water partition coefficient (Wildman–Crippen LogP) is 2.85. The van der Waals surface area contributed by atoms with Gasteiger partial charge in [0.15, 0.2) is 11.6 Å². The summed E-state index contributed by atoms with van der Waals surface area (Å²) in [6.07, 6.45) is -0.170. The van der Waals surface area contributed by atoms with Crippen LogP contribution in [0.25, 0.3) is 10.6 Å². The summed E-state index contributed by atoms with van der Waals surface area (Å²) in [5.74, 6) is -2.88. The Bertz CT molecular complexity index is 1050. The minimum Gasteiger partial charge on any atom is -0.300 e. The Balaban J connectivity index is 1.52. The molecule has 0 saturated heterocycles. The summed E-state index contributed by atoms with van der Waals surface area (Å²) in [5, 5.41) is 15.1. The van der Waals surface area contributed by atoms with Crippen molar-refractivity contribution >= 4 is 43.7 Å². The number of thiophene rings is 1. The van der Waals surface area contributed by atoms with Gasteiger partial charge < -0.3 is 5.32 Å². The first-order valence-corrected chi connectivity index (χ1v) is 10.7. The van der Waals surface area contributed by atoms with Crippen molar-refractivity contribution in [2.75, 3.05) is 11.9 Å². The summed E-state index contributed by atoms with van der Waals surface area (Å²) in [4.78, 5) is 11.5. The summed E-state index contributed by atoms with van der Waals surface area (Å²) < 4.78 is 52.2. The first-order chi connectivity index (χ1) is 12.8. The number of nitrogens with zero attached hydrogens (tertiary/aromatic N) is 2. The summed E-state index contributed by atoms with van der Waals surface area (Å²) in [7, 11) is -4.05. The molecule has 0 aliphatic heterocycles. The maximum Gasteiger partial charge on any atom is 0.240 e. The van der Waals surface area contributed by atoms with Crippen molar-refractivity contribution in [3.05, 3.63) is 46.7 Å². The second-order valence-corrected chi connectivity index (χ2v) is 8.72. The quantitative estimate of drug-likeness (QED) is 0.600. The third-order valence-electron chi connectivity index (χ3n) is 3.28. The highest BCUT2D eigenvalue weighted by molar-refractivity contribution is 7.89. The lowest BCUT2D eigenvalue weighted by molar-refractivity contribution is -0.116. The topological polar surface area (TPSA) is 101 Å². The number of amides is 1. The van der Waals surface area contributed by atoms with E-state index in [4.69, 9.17) is 0 Å². The Hall–Kier alpha value is -2.28. The van der Waals surface area contributed by atoms with Gasteiger partial charge in [-0.05, 0) is 29.6 Å². The van der Waals surface area contributed by atoms with Gasteiger partial charge in [0, 0.05) is 23.9 Å². The predicted molar refractivity (Wildman–Crippen MR) is 98.0 cm³/mol. The molecule has 0 atom stereocenters. The molecule has 12 heteroatoms. The molecular weight excluding hydrogens is 418 g/mol. The van der Waals surface area contributed by atoms with Crippen LogP contribution in [0.2, 0.25) is 0 Å². The zero-order chi connectivity index (χ0) is 19.4. The molecule has 1 aromatic carbocycles. The van der Waals surface area contributed by atoms with Crippen molar-refractivity contribution in [3.8, 4) is 10.6 Å².